The van der Waals surface area contributed by atoms with E-state index in [1.165, 1.54) is 5.56 Å². The average Bonchev–Trinajstić information content (AvgIpc) is 2.38. The molecule has 0 saturated carbocycles. The van der Waals surface area contributed by atoms with Crippen molar-refractivity contribution in [3.63, 3.8) is 0 Å². The number of hydrazine groups is 1. The zero-order valence-electron chi connectivity index (χ0n) is 11.2. The second kappa shape index (κ2) is 8.58. The van der Waals surface area contributed by atoms with Crippen LogP contribution in [-0.4, -0.2) is 35.6 Å². The molecule has 1 aromatic rings. The summed E-state index contributed by atoms with van der Waals surface area (Å²) < 4.78 is 1.01. The topological polar surface area (TPSA) is 54.2 Å². The van der Waals surface area contributed by atoms with Crippen molar-refractivity contribution >= 4 is 15.9 Å². The molecule has 3 N–H and O–H groups in total. The van der Waals surface area contributed by atoms with Crippen molar-refractivity contribution < 1.29 is 0 Å². The van der Waals surface area contributed by atoms with Crippen LogP contribution in [0.25, 0.3) is 0 Å². The summed E-state index contributed by atoms with van der Waals surface area (Å²) in [7, 11) is 0. The smallest absolute Gasteiger partial charge is 0.0410 e. The van der Waals surface area contributed by atoms with Gasteiger partial charge in [0.1, 0.15) is 0 Å². The normalized spacial score (nSPS) is 12.9. The molecule has 0 bridgehead atoms. The summed E-state index contributed by atoms with van der Waals surface area (Å²) >= 11 is 3.44. The Labute approximate surface area is 118 Å². The monoisotopic (exact) mass is 314 g/mol. The number of halogens is 1. The van der Waals surface area contributed by atoms with Gasteiger partial charge in [0.05, 0.1) is 0 Å². The van der Waals surface area contributed by atoms with E-state index in [1.54, 1.807) is 6.20 Å². The lowest BCUT2D eigenvalue weighted by Gasteiger charge is -2.22. The summed E-state index contributed by atoms with van der Waals surface area (Å²) in [6.45, 7) is 7.63. The van der Waals surface area contributed by atoms with Crippen LogP contribution in [-0.2, 0) is 6.42 Å². The van der Waals surface area contributed by atoms with Gasteiger partial charge in [-0.3, -0.25) is 16.3 Å². The maximum Gasteiger partial charge on any atom is 0.0410 e. The van der Waals surface area contributed by atoms with Gasteiger partial charge in [0.2, 0.25) is 0 Å². The summed E-state index contributed by atoms with van der Waals surface area (Å²) in [5.74, 6) is 5.63. The van der Waals surface area contributed by atoms with Crippen LogP contribution < -0.4 is 11.3 Å². The predicted octanol–water partition coefficient (Wildman–Crippen LogP) is 1.95. The first-order valence-electron chi connectivity index (χ1n) is 6.47. The quantitative estimate of drug-likeness (QED) is 0.569. The van der Waals surface area contributed by atoms with Gasteiger partial charge in [-0.15, -0.1) is 0 Å². The average molecular weight is 315 g/mol. The van der Waals surface area contributed by atoms with E-state index in [0.717, 1.165) is 36.9 Å². The molecule has 0 amide bonds. The number of hydrogen-bond acceptors (Lipinski definition) is 4. The fourth-order valence-electron chi connectivity index (χ4n) is 1.97. The zero-order valence-corrected chi connectivity index (χ0v) is 12.8. The number of rotatable bonds is 8. The zero-order chi connectivity index (χ0) is 13.4. The standard InChI is InChI=1S/C13H23BrN4/c1-3-18(4-2)6-5-13(17-15)8-11-7-12(14)10-16-9-11/h7,9-10,13,17H,3-6,8,15H2,1-2H3. The van der Waals surface area contributed by atoms with Crippen LogP contribution in [0.3, 0.4) is 0 Å². The molecule has 18 heavy (non-hydrogen) atoms. The maximum absolute atomic E-state index is 5.63. The van der Waals surface area contributed by atoms with Gasteiger partial charge >= 0.3 is 0 Å². The number of nitrogens with two attached hydrogens (primary N) is 1. The van der Waals surface area contributed by atoms with Crippen molar-refractivity contribution in [2.45, 2.75) is 32.7 Å². The number of aromatic nitrogens is 1. The van der Waals surface area contributed by atoms with Crippen molar-refractivity contribution in [2.75, 3.05) is 19.6 Å². The molecule has 4 nitrogen and oxygen atoms in total. The summed E-state index contributed by atoms with van der Waals surface area (Å²) in [4.78, 5) is 6.58. The number of pyridine rings is 1. The minimum atomic E-state index is 0.293. The van der Waals surface area contributed by atoms with Gasteiger partial charge in [0, 0.05) is 22.9 Å². The SMILES string of the molecule is CCN(CC)CCC(Cc1cncc(Br)c1)NN. The molecule has 0 aromatic carbocycles. The third-order valence-electron chi connectivity index (χ3n) is 3.17. The molecule has 5 heteroatoms. The Bertz CT molecular complexity index is 342. The summed E-state index contributed by atoms with van der Waals surface area (Å²) in [5.41, 5.74) is 4.10. The second-order valence-electron chi connectivity index (χ2n) is 4.39. The Morgan fingerprint density at radius 1 is 1.39 bits per heavy atom. The summed E-state index contributed by atoms with van der Waals surface area (Å²) in [6, 6.07) is 2.39. The van der Waals surface area contributed by atoms with Gasteiger partial charge in [-0.2, -0.15) is 0 Å². The van der Waals surface area contributed by atoms with E-state index in [9.17, 15) is 0 Å². The van der Waals surface area contributed by atoms with E-state index in [4.69, 9.17) is 5.84 Å². The third kappa shape index (κ3) is 5.44. The first kappa shape index (κ1) is 15.6. The minimum absolute atomic E-state index is 0.293. The van der Waals surface area contributed by atoms with Crippen LogP contribution in [0.15, 0.2) is 22.9 Å². The molecule has 1 rings (SSSR count). The first-order valence-corrected chi connectivity index (χ1v) is 7.26. The van der Waals surface area contributed by atoms with Gasteiger partial charge in [0.15, 0.2) is 0 Å². The fourth-order valence-corrected chi connectivity index (χ4v) is 2.39. The lowest BCUT2D eigenvalue weighted by Crippen LogP contribution is -2.39. The third-order valence-corrected chi connectivity index (χ3v) is 3.60. The highest BCUT2D eigenvalue weighted by Gasteiger charge is 2.10. The molecule has 1 heterocycles. The first-order chi connectivity index (χ1) is 8.69. The van der Waals surface area contributed by atoms with E-state index in [1.807, 2.05) is 6.20 Å². The molecule has 0 fully saturated rings. The lowest BCUT2D eigenvalue weighted by molar-refractivity contribution is 0.280. The van der Waals surface area contributed by atoms with Crippen molar-refractivity contribution in [1.82, 2.24) is 15.3 Å². The molecule has 0 spiro atoms. The van der Waals surface area contributed by atoms with Gasteiger partial charge in [-0.1, -0.05) is 13.8 Å². The van der Waals surface area contributed by atoms with Crippen LogP contribution in [0.2, 0.25) is 0 Å². The molecule has 1 aromatic heterocycles. The van der Waals surface area contributed by atoms with Crippen LogP contribution in [0.1, 0.15) is 25.8 Å². The van der Waals surface area contributed by atoms with Crippen LogP contribution in [0, 0.1) is 0 Å². The number of nitrogens with one attached hydrogen (secondary N) is 1. The molecule has 0 radical (unpaired) electrons. The van der Waals surface area contributed by atoms with Gasteiger partial charge in [-0.25, -0.2) is 0 Å². The Hall–Kier alpha value is -0.490. The molecule has 0 aliphatic carbocycles. The summed E-state index contributed by atoms with van der Waals surface area (Å²) in [5, 5.41) is 0. The Morgan fingerprint density at radius 2 is 2.11 bits per heavy atom. The Balaban J connectivity index is 2.46. The summed E-state index contributed by atoms with van der Waals surface area (Å²) in [6.07, 6.45) is 5.64. The molecule has 1 atom stereocenters. The van der Waals surface area contributed by atoms with E-state index >= 15 is 0 Å². The van der Waals surface area contributed by atoms with Crippen molar-refractivity contribution in [2.24, 2.45) is 5.84 Å². The van der Waals surface area contributed by atoms with E-state index in [2.05, 4.69) is 51.2 Å². The highest BCUT2D eigenvalue weighted by molar-refractivity contribution is 9.10. The van der Waals surface area contributed by atoms with Gasteiger partial charge in [-0.05, 0) is 60.0 Å². The molecule has 0 saturated heterocycles. The van der Waals surface area contributed by atoms with Gasteiger partial charge < -0.3 is 4.90 Å². The highest BCUT2D eigenvalue weighted by atomic mass is 79.9. The molecule has 1 unspecified atom stereocenters. The van der Waals surface area contributed by atoms with E-state index in [0.29, 0.717) is 6.04 Å². The Morgan fingerprint density at radius 3 is 2.67 bits per heavy atom. The number of hydrogen-bond donors (Lipinski definition) is 2. The minimum Gasteiger partial charge on any atom is -0.304 e. The molecule has 102 valence electrons. The van der Waals surface area contributed by atoms with Crippen LogP contribution in [0.5, 0.6) is 0 Å². The molecule has 0 aliphatic heterocycles. The maximum atomic E-state index is 5.63. The molecular formula is C13H23BrN4. The second-order valence-corrected chi connectivity index (χ2v) is 5.31. The Kier molecular flexibility index (Phi) is 7.42. The van der Waals surface area contributed by atoms with Crippen LogP contribution in [0.4, 0.5) is 0 Å². The lowest BCUT2D eigenvalue weighted by atomic mass is 10.1. The van der Waals surface area contributed by atoms with E-state index in [-0.39, 0.29) is 0 Å². The van der Waals surface area contributed by atoms with Gasteiger partial charge in [0.25, 0.3) is 0 Å². The van der Waals surface area contributed by atoms with E-state index < -0.39 is 0 Å². The van der Waals surface area contributed by atoms with Crippen molar-refractivity contribution in [3.8, 4) is 0 Å². The van der Waals surface area contributed by atoms with Crippen molar-refractivity contribution in [1.29, 1.82) is 0 Å². The predicted molar refractivity (Wildman–Crippen MR) is 79.2 cm³/mol. The largest absolute Gasteiger partial charge is 0.304 e. The molecular weight excluding hydrogens is 292 g/mol. The van der Waals surface area contributed by atoms with Crippen molar-refractivity contribution in [3.05, 3.63) is 28.5 Å². The number of nitrogens with zero attached hydrogens (tertiary/aromatic N) is 2. The highest BCUT2D eigenvalue weighted by Crippen LogP contribution is 2.12. The molecule has 0 aliphatic rings. The van der Waals surface area contributed by atoms with Crippen LogP contribution >= 0.6 is 15.9 Å². The fraction of sp³-hybridized carbons (Fsp3) is 0.615.